The molecule has 0 amide bonds. The van der Waals surface area contributed by atoms with Gasteiger partial charge in [0.05, 0.1) is 38.6 Å². The van der Waals surface area contributed by atoms with Crippen LogP contribution in [0.4, 0.5) is 0 Å². The maximum atomic E-state index is 9.90. The van der Waals surface area contributed by atoms with Crippen molar-refractivity contribution in [2.24, 2.45) is 0 Å². The maximum Gasteiger partial charge on any atom is 0.0743 e. The number of methoxy groups -OCH3 is 1. The predicted molar refractivity (Wildman–Crippen MR) is 71.9 cm³/mol. The summed E-state index contributed by atoms with van der Waals surface area (Å²) in [5, 5.41) is 13.1. The Morgan fingerprint density at radius 1 is 1.06 bits per heavy atom. The molecule has 5 nitrogen and oxygen atoms in total. The first-order valence-electron chi connectivity index (χ1n) is 6.70. The summed E-state index contributed by atoms with van der Waals surface area (Å²) in [6, 6.07) is 0. The van der Waals surface area contributed by atoms with E-state index in [0.29, 0.717) is 39.6 Å². The lowest BCUT2D eigenvalue weighted by Gasteiger charge is -2.22. The van der Waals surface area contributed by atoms with Crippen LogP contribution in [0.3, 0.4) is 0 Å². The second-order valence-electron chi connectivity index (χ2n) is 4.64. The monoisotopic (exact) mass is 263 g/mol. The van der Waals surface area contributed by atoms with E-state index in [0.717, 1.165) is 19.4 Å². The second-order valence-corrected chi connectivity index (χ2v) is 4.64. The highest BCUT2D eigenvalue weighted by Crippen LogP contribution is 2.09. The van der Waals surface area contributed by atoms with Gasteiger partial charge in [0.15, 0.2) is 0 Å². The fraction of sp³-hybridized carbons (Fsp3) is 1.00. The van der Waals surface area contributed by atoms with E-state index >= 15 is 0 Å². The summed E-state index contributed by atoms with van der Waals surface area (Å²) in [5.41, 5.74) is -0.613. The lowest BCUT2D eigenvalue weighted by Crippen LogP contribution is -2.38. The van der Waals surface area contributed by atoms with Gasteiger partial charge in [-0.1, -0.05) is 13.3 Å². The quantitative estimate of drug-likeness (QED) is 0.482. The van der Waals surface area contributed by atoms with E-state index in [-0.39, 0.29) is 0 Å². The summed E-state index contributed by atoms with van der Waals surface area (Å²) in [4.78, 5) is 0. The zero-order valence-electron chi connectivity index (χ0n) is 12.0. The molecule has 0 heterocycles. The Kier molecular flexibility index (Phi) is 11.7. The lowest BCUT2D eigenvalue weighted by molar-refractivity contribution is 0.0221. The van der Waals surface area contributed by atoms with Crippen molar-refractivity contribution in [2.45, 2.75) is 32.3 Å². The van der Waals surface area contributed by atoms with Gasteiger partial charge in [-0.15, -0.1) is 0 Å². The van der Waals surface area contributed by atoms with Crippen LogP contribution in [-0.4, -0.2) is 63.9 Å². The molecule has 0 radical (unpaired) electrons. The number of hydrogen-bond donors (Lipinski definition) is 2. The van der Waals surface area contributed by atoms with Gasteiger partial charge in [-0.3, -0.25) is 0 Å². The SMILES string of the molecule is CCCC(C)(O)CNCCOCCOCCOC. The minimum Gasteiger partial charge on any atom is -0.389 e. The van der Waals surface area contributed by atoms with Crippen molar-refractivity contribution in [3.8, 4) is 0 Å². The molecule has 0 bridgehead atoms. The van der Waals surface area contributed by atoms with Crippen molar-refractivity contribution in [1.29, 1.82) is 0 Å². The Morgan fingerprint density at radius 2 is 1.67 bits per heavy atom. The molecule has 0 aromatic rings. The van der Waals surface area contributed by atoms with Crippen LogP contribution in [0.25, 0.3) is 0 Å². The number of aliphatic hydroxyl groups is 1. The molecule has 0 aliphatic carbocycles. The van der Waals surface area contributed by atoms with Crippen LogP contribution in [-0.2, 0) is 14.2 Å². The normalized spacial score (nSPS) is 14.7. The Bertz CT molecular complexity index is 176. The molecule has 0 fully saturated rings. The summed E-state index contributed by atoms with van der Waals surface area (Å²) < 4.78 is 15.5. The molecule has 0 aromatic heterocycles. The number of nitrogens with one attached hydrogen (secondary N) is 1. The minimum atomic E-state index is -0.613. The van der Waals surface area contributed by atoms with E-state index in [1.54, 1.807) is 7.11 Å². The van der Waals surface area contributed by atoms with Gasteiger partial charge in [0.25, 0.3) is 0 Å². The van der Waals surface area contributed by atoms with Crippen LogP contribution in [0.1, 0.15) is 26.7 Å². The summed E-state index contributed by atoms with van der Waals surface area (Å²) in [5.74, 6) is 0. The molecule has 0 aliphatic rings. The highest BCUT2D eigenvalue weighted by Gasteiger charge is 2.17. The summed E-state index contributed by atoms with van der Waals surface area (Å²) in [7, 11) is 1.65. The van der Waals surface area contributed by atoms with E-state index in [2.05, 4.69) is 12.2 Å². The molecule has 0 saturated heterocycles. The second kappa shape index (κ2) is 11.9. The topological polar surface area (TPSA) is 60.0 Å². The average molecular weight is 263 g/mol. The molecule has 1 atom stereocenters. The van der Waals surface area contributed by atoms with E-state index in [1.165, 1.54) is 0 Å². The third-order valence-electron chi connectivity index (χ3n) is 2.52. The van der Waals surface area contributed by atoms with Gasteiger partial charge in [0.2, 0.25) is 0 Å². The fourth-order valence-electron chi connectivity index (χ4n) is 1.59. The van der Waals surface area contributed by atoms with Gasteiger partial charge in [0, 0.05) is 20.2 Å². The van der Waals surface area contributed by atoms with Crippen molar-refractivity contribution >= 4 is 0 Å². The number of rotatable bonds is 13. The summed E-state index contributed by atoms with van der Waals surface area (Å²) >= 11 is 0. The Labute approximate surface area is 111 Å². The van der Waals surface area contributed by atoms with E-state index in [4.69, 9.17) is 14.2 Å². The standard InChI is InChI=1S/C13H29NO4/c1-4-5-13(2,15)12-14-6-7-17-10-11-18-9-8-16-3/h14-15H,4-12H2,1-3H3. The minimum absolute atomic E-state index is 0.594. The van der Waals surface area contributed by atoms with Gasteiger partial charge in [-0.05, 0) is 13.3 Å². The molecule has 0 rings (SSSR count). The van der Waals surface area contributed by atoms with Crippen molar-refractivity contribution < 1.29 is 19.3 Å². The Hall–Kier alpha value is -0.200. The molecular formula is C13H29NO4. The van der Waals surface area contributed by atoms with E-state index in [9.17, 15) is 5.11 Å². The van der Waals surface area contributed by atoms with E-state index < -0.39 is 5.60 Å². The van der Waals surface area contributed by atoms with Crippen molar-refractivity contribution in [3.63, 3.8) is 0 Å². The predicted octanol–water partition coefficient (Wildman–Crippen LogP) is 0.807. The van der Waals surface area contributed by atoms with Gasteiger partial charge in [-0.25, -0.2) is 0 Å². The molecule has 0 spiro atoms. The van der Waals surface area contributed by atoms with Crippen molar-refractivity contribution in [1.82, 2.24) is 5.32 Å². The first kappa shape index (κ1) is 17.8. The zero-order chi connectivity index (χ0) is 13.7. The molecular weight excluding hydrogens is 234 g/mol. The van der Waals surface area contributed by atoms with Crippen molar-refractivity contribution in [3.05, 3.63) is 0 Å². The first-order valence-corrected chi connectivity index (χ1v) is 6.70. The summed E-state index contributed by atoms with van der Waals surface area (Å²) in [6.45, 7) is 8.33. The fourth-order valence-corrected chi connectivity index (χ4v) is 1.59. The molecule has 2 N–H and O–H groups in total. The first-order chi connectivity index (χ1) is 8.62. The molecule has 0 saturated carbocycles. The van der Waals surface area contributed by atoms with Crippen molar-refractivity contribution in [2.75, 3.05) is 53.2 Å². The van der Waals surface area contributed by atoms with Crippen LogP contribution in [0, 0.1) is 0 Å². The van der Waals surface area contributed by atoms with Gasteiger partial charge >= 0.3 is 0 Å². The van der Waals surface area contributed by atoms with Crippen LogP contribution in [0.2, 0.25) is 0 Å². The molecule has 0 aliphatic heterocycles. The van der Waals surface area contributed by atoms with Crippen LogP contribution < -0.4 is 5.32 Å². The van der Waals surface area contributed by atoms with E-state index in [1.807, 2.05) is 6.92 Å². The van der Waals surface area contributed by atoms with Gasteiger partial charge in [0.1, 0.15) is 0 Å². The van der Waals surface area contributed by atoms with Crippen LogP contribution in [0.15, 0.2) is 0 Å². The molecule has 5 heteroatoms. The highest BCUT2D eigenvalue weighted by atomic mass is 16.5. The summed E-state index contributed by atoms with van der Waals surface area (Å²) in [6.07, 6.45) is 1.80. The largest absolute Gasteiger partial charge is 0.389 e. The lowest BCUT2D eigenvalue weighted by atomic mass is 10.0. The maximum absolute atomic E-state index is 9.90. The molecule has 110 valence electrons. The third-order valence-corrected chi connectivity index (χ3v) is 2.52. The molecule has 1 unspecified atom stereocenters. The van der Waals surface area contributed by atoms with Gasteiger partial charge < -0.3 is 24.6 Å². The zero-order valence-corrected chi connectivity index (χ0v) is 12.0. The van der Waals surface area contributed by atoms with Crippen LogP contribution >= 0.6 is 0 Å². The highest BCUT2D eigenvalue weighted by molar-refractivity contribution is 4.74. The van der Waals surface area contributed by atoms with Crippen LogP contribution in [0.5, 0.6) is 0 Å². The molecule has 0 aromatic carbocycles. The third kappa shape index (κ3) is 12.3. The molecule has 18 heavy (non-hydrogen) atoms. The Balaban J connectivity index is 3.16. The smallest absolute Gasteiger partial charge is 0.0743 e. The number of hydrogen-bond acceptors (Lipinski definition) is 5. The Morgan fingerprint density at radius 3 is 2.28 bits per heavy atom. The average Bonchev–Trinajstić information content (AvgIpc) is 2.31. The number of ether oxygens (including phenoxy) is 3. The van der Waals surface area contributed by atoms with Gasteiger partial charge in [-0.2, -0.15) is 0 Å².